The molecule has 1 heterocycles. The Kier molecular flexibility index (Phi) is 6.28. The van der Waals surface area contributed by atoms with Crippen molar-refractivity contribution in [2.45, 2.75) is 76.9 Å². The number of carbonyl (C=O) groups is 1. The van der Waals surface area contributed by atoms with Gasteiger partial charge in [0.1, 0.15) is 6.10 Å². The van der Waals surface area contributed by atoms with Crippen LogP contribution in [0.3, 0.4) is 0 Å². The minimum Gasteiger partial charge on any atom is -0.445 e. The van der Waals surface area contributed by atoms with E-state index < -0.39 is 6.09 Å². The van der Waals surface area contributed by atoms with Gasteiger partial charge in [0.05, 0.1) is 0 Å². The van der Waals surface area contributed by atoms with Gasteiger partial charge in [-0.3, -0.25) is 0 Å². The molecule has 1 fully saturated rings. The molecule has 1 unspecified atom stereocenters. The number of carbonyl (C=O) groups excluding carboxylic acids is 1. The second-order valence-electron chi connectivity index (χ2n) is 10.5. The Bertz CT molecular complexity index is 800. The van der Waals surface area contributed by atoms with Gasteiger partial charge < -0.3 is 15.8 Å². The molecular weight excluding hydrogens is 372 g/mol. The maximum Gasteiger partial charge on any atom is 0.404 e. The van der Waals surface area contributed by atoms with Crippen LogP contribution in [0.15, 0.2) is 48.5 Å². The van der Waals surface area contributed by atoms with Gasteiger partial charge >= 0.3 is 6.09 Å². The molecule has 0 spiro atoms. The van der Waals surface area contributed by atoms with E-state index in [2.05, 4.69) is 95.4 Å². The van der Waals surface area contributed by atoms with Crippen LogP contribution in [0.5, 0.6) is 0 Å². The number of rotatable bonds is 4. The number of amides is 1. The monoisotopic (exact) mass is 408 g/mol. The molecule has 0 bridgehead atoms. The number of benzene rings is 2. The SMILES string of the molecule is CC(C)(C)c1ccc(C(c2ccc(C(C)(C)C)cc2)C2C[C@@H](OC(N)=O)CN2)cc1. The predicted octanol–water partition coefficient (Wildman–Crippen LogP) is 5.24. The summed E-state index contributed by atoms with van der Waals surface area (Å²) in [4.78, 5) is 11.2. The zero-order valence-electron chi connectivity index (χ0n) is 19.2. The highest BCUT2D eigenvalue weighted by Gasteiger charge is 2.34. The van der Waals surface area contributed by atoms with Gasteiger partial charge in [-0.1, -0.05) is 90.1 Å². The Morgan fingerprint density at radius 3 is 1.70 bits per heavy atom. The summed E-state index contributed by atoms with van der Waals surface area (Å²) in [7, 11) is 0. The maximum atomic E-state index is 11.2. The van der Waals surface area contributed by atoms with Gasteiger partial charge in [-0.05, 0) is 33.1 Å². The maximum absolute atomic E-state index is 11.2. The molecule has 3 N–H and O–H groups in total. The van der Waals surface area contributed by atoms with Crippen molar-refractivity contribution in [3.63, 3.8) is 0 Å². The van der Waals surface area contributed by atoms with Crippen LogP contribution in [0.25, 0.3) is 0 Å². The molecular formula is C26H36N2O2. The zero-order valence-corrected chi connectivity index (χ0v) is 19.2. The molecule has 2 aromatic rings. The number of nitrogens with two attached hydrogens (primary N) is 1. The quantitative estimate of drug-likeness (QED) is 0.727. The molecule has 2 aromatic carbocycles. The van der Waals surface area contributed by atoms with Gasteiger partial charge in [-0.15, -0.1) is 0 Å². The van der Waals surface area contributed by atoms with Crippen molar-refractivity contribution in [3.8, 4) is 0 Å². The Balaban J connectivity index is 1.94. The lowest BCUT2D eigenvalue weighted by Crippen LogP contribution is -2.30. The number of nitrogens with one attached hydrogen (secondary N) is 1. The lowest BCUT2D eigenvalue weighted by molar-refractivity contribution is 0.115. The normalized spacial score (nSPS) is 19.8. The lowest BCUT2D eigenvalue weighted by Gasteiger charge is -2.27. The third kappa shape index (κ3) is 5.23. The van der Waals surface area contributed by atoms with E-state index in [1.807, 2.05) is 0 Å². The van der Waals surface area contributed by atoms with Gasteiger partial charge in [0, 0.05) is 24.9 Å². The summed E-state index contributed by atoms with van der Waals surface area (Å²) < 4.78 is 5.27. The van der Waals surface area contributed by atoms with E-state index in [9.17, 15) is 4.79 Å². The van der Waals surface area contributed by atoms with Crippen molar-refractivity contribution in [1.29, 1.82) is 0 Å². The van der Waals surface area contributed by atoms with E-state index in [4.69, 9.17) is 10.5 Å². The molecule has 0 saturated carbocycles. The Hall–Kier alpha value is -2.33. The molecule has 1 amide bonds. The first kappa shape index (κ1) is 22.4. The van der Waals surface area contributed by atoms with E-state index in [1.165, 1.54) is 22.3 Å². The van der Waals surface area contributed by atoms with Gasteiger partial charge in [0.15, 0.2) is 0 Å². The average molecular weight is 409 g/mol. The van der Waals surface area contributed by atoms with Crippen molar-refractivity contribution < 1.29 is 9.53 Å². The fourth-order valence-corrected chi connectivity index (χ4v) is 4.28. The van der Waals surface area contributed by atoms with Crippen molar-refractivity contribution in [3.05, 3.63) is 70.8 Å². The van der Waals surface area contributed by atoms with Crippen molar-refractivity contribution in [2.75, 3.05) is 6.54 Å². The van der Waals surface area contributed by atoms with Gasteiger partial charge in [-0.2, -0.15) is 0 Å². The zero-order chi connectivity index (χ0) is 22.1. The number of hydrogen-bond acceptors (Lipinski definition) is 3. The molecule has 4 heteroatoms. The Labute approximate surface area is 181 Å². The van der Waals surface area contributed by atoms with E-state index in [0.29, 0.717) is 6.54 Å². The molecule has 0 radical (unpaired) electrons. The number of hydrogen-bond donors (Lipinski definition) is 2. The summed E-state index contributed by atoms with van der Waals surface area (Å²) in [6.07, 6.45) is -0.143. The number of ether oxygens (including phenoxy) is 1. The van der Waals surface area contributed by atoms with E-state index in [0.717, 1.165) is 6.42 Å². The van der Waals surface area contributed by atoms with Crippen LogP contribution in [-0.4, -0.2) is 24.8 Å². The summed E-state index contributed by atoms with van der Waals surface area (Å²) in [5, 5.41) is 3.57. The molecule has 3 rings (SSSR count). The molecule has 1 saturated heterocycles. The third-order valence-corrected chi connectivity index (χ3v) is 6.08. The van der Waals surface area contributed by atoms with E-state index >= 15 is 0 Å². The number of primary amides is 1. The predicted molar refractivity (Wildman–Crippen MR) is 123 cm³/mol. The molecule has 2 atom stereocenters. The van der Waals surface area contributed by atoms with Crippen LogP contribution in [-0.2, 0) is 15.6 Å². The fraction of sp³-hybridized carbons (Fsp3) is 0.500. The summed E-state index contributed by atoms with van der Waals surface area (Å²) in [5.41, 5.74) is 10.7. The lowest BCUT2D eigenvalue weighted by atomic mass is 9.80. The third-order valence-electron chi connectivity index (χ3n) is 6.08. The van der Waals surface area contributed by atoms with Crippen LogP contribution < -0.4 is 11.1 Å². The second kappa shape index (κ2) is 8.43. The minimum absolute atomic E-state index is 0.119. The molecule has 1 aliphatic heterocycles. The summed E-state index contributed by atoms with van der Waals surface area (Å²) in [5.74, 6) is 0.175. The molecule has 0 aliphatic carbocycles. The highest BCUT2D eigenvalue weighted by atomic mass is 16.6. The summed E-state index contributed by atoms with van der Waals surface area (Å²) in [6.45, 7) is 14.0. The fourth-order valence-electron chi connectivity index (χ4n) is 4.28. The summed E-state index contributed by atoms with van der Waals surface area (Å²) >= 11 is 0. The van der Waals surface area contributed by atoms with Crippen LogP contribution >= 0.6 is 0 Å². The topological polar surface area (TPSA) is 64.3 Å². The molecule has 162 valence electrons. The first-order valence-electron chi connectivity index (χ1n) is 10.9. The van der Waals surface area contributed by atoms with Gasteiger partial charge in [0.25, 0.3) is 0 Å². The Morgan fingerprint density at radius 2 is 1.33 bits per heavy atom. The van der Waals surface area contributed by atoms with Crippen molar-refractivity contribution in [1.82, 2.24) is 5.32 Å². The summed E-state index contributed by atoms with van der Waals surface area (Å²) in [6, 6.07) is 18.1. The molecule has 1 aliphatic rings. The Morgan fingerprint density at radius 1 is 0.900 bits per heavy atom. The van der Waals surface area contributed by atoms with Crippen molar-refractivity contribution in [2.24, 2.45) is 5.73 Å². The van der Waals surface area contributed by atoms with Crippen LogP contribution in [0.4, 0.5) is 4.79 Å². The van der Waals surface area contributed by atoms with Gasteiger partial charge in [-0.25, -0.2) is 4.79 Å². The molecule has 30 heavy (non-hydrogen) atoms. The first-order valence-corrected chi connectivity index (χ1v) is 10.9. The van der Waals surface area contributed by atoms with E-state index in [1.54, 1.807) is 0 Å². The molecule has 0 aromatic heterocycles. The average Bonchev–Trinajstić information content (AvgIpc) is 3.08. The van der Waals surface area contributed by atoms with Crippen LogP contribution in [0.2, 0.25) is 0 Å². The highest BCUT2D eigenvalue weighted by molar-refractivity contribution is 5.64. The largest absolute Gasteiger partial charge is 0.445 e. The smallest absolute Gasteiger partial charge is 0.404 e. The highest BCUT2D eigenvalue weighted by Crippen LogP contribution is 2.35. The van der Waals surface area contributed by atoms with Crippen LogP contribution in [0.1, 0.15) is 76.1 Å². The van der Waals surface area contributed by atoms with Crippen molar-refractivity contribution >= 4 is 6.09 Å². The van der Waals surface area contributed by atoms with E-state index in [-0.39, 0.29) is 28.9 Å². The van der Waals surface area contributed by atoms with Crippen LogP contribution in [0, 0.1) is 0 Å². The minimum atomic E-state index is -0.705. The first-order chi connectivity index (χ1) is 13.9. The second-order valence-corrected chi connectivity index (χ2v) is 10.5. The van der Waals surface area contributed by atoms with Gasteiger partial charge in [0.2, 0.25) is 0 Å². The standard InChI is InChI=1S/C26H36N2O2/c1-25(2,3)19-11-7-17(8-12-19)23(22-15-21(16-28-22)30-24(27)29)18-9-13-20(14-10-18)26(4,5)6/h7-14,21-23,28H,15-16H2,1-6H3,(H2,27,29)/t21-,22?/m1/s1. The molecule has 4 nitrogen and oxygen atoms in total.